The Labute approximate surface area is 131 Å². The van der Waals surface area contributed by atoms with Gasteiger partial charge in [0.2, 0.25) is 0 Å². The monoisotopic (exact) mass is 296 g/mol. The zero-order chi connectivity index (χ0) is 15.5. The van der Waals surface area contributed by atoms with Crippen LogP contribution in [-0.2, 0) is 0 Å². The highest BCUT2D eigenvalue weighted by Gasteiger charge is 2.40. The zero-order valence-electron chi connectivity index (χ0n) is 14.6. The number of rotatable bonds is 9. The van der Waals surface area contributed by atoms with Gasteiger partial charge in [-0.3, -0.25) is 0 Å². The Kier molecular flexibility index (Phi) is 6.10. The molecule has 0 spiro atoms. The average Bonchev–Trinajstić information content (AvgIpc) is 3.07. The lowest BCUT2D eigenvalue weighted by atomic mass is 9.87. The van der Waals surface area contributed by atoms with Crippen LogP contribution in [0.3, 0.4) is 0 Å². The van der Waals surface area contributed by atoms with Crippen LogP contribution in [0.4, 0.5) is 0 Å². The third-order valence-electron chi connectivity index (χ3n) is 6.06. The summed E-state index contributed by atoms with van der Waals surface area (Å²) in [6, 6.07) is 0.519. The van der Waals surface area contributed by atoms with Crippen LogP contribution < -0.4 is 5.32 Å². The number of hydrogen-bond acceptors (Lipinski definition) is 3. The van der Waals surface area contributed by atoms with Crippen molar-refractivity contribution in [2.24, 2.45) is 17.8 Å². The summed E-state index contributed by atoms with van der Waals surface area (Å²) in [6.07, 6.45) is 8.06. The Morgan fingerprint density at radius 1 is 1.33 bits per heavy atom. The molecule has 5 unspecified atom stereocenters. The van der Waals surface area contributed by atoms with Gasteiger partial charge in [-0.25, -0.2) is 0 Å². The van der Waals surface area contributed by atoms with E-state index in [0.717, 1.165) is 37.1 Å². The predicted molar refractivity (Wildman–Crippen MR) is 89.4 cm³/mol. The molecule has 0 heterocycles. The SMILES string of the molecule is CCCNC(C)(CO)CC(C)N(C)CC1CC2CCC1C2. The molecule has 0 amide bonds. The smallest absolute Gasteiger partial charge is 0.0611 e. The van der Waals surface area contributed by atoms with Crippen LogP contribution in [-0.4, -0.2) is 48.3 Å². The van der Waals surface area contributed by atoms with E-state index >= 15 is 0 Å². The molecule has 2 aliphatic carbocycles. The molecule has 0 aromatic rings. The maximum atomic E-state index is 9.73. The van der Waals surface area contributed by atoms with E-state index in [-0.39, 0.29) is 12.1 Å². The molecule has 3 heteroatoms. The summed E-state index contributed by atoms with van der Waals surface area (Å²) >= 11 is 0. The first-order valence-corrected chi connectivity index (χ1v) is 9.03. The Bertz CT molecular complexity index is 322. The van der Waals surface area contributed by atoms with Gasteiger partial charge in [-0.2, -0.15) is 0 Å². The second kappa shape index (κ2) is 7.43. The Morgan fingerprint density at radius 3 is 2.62 bits per heavy atom. The second-order valence-corrected chi connectivity index (χ2v) is 8.07. The van der Waals surface area contributed by atoms with Crippen molar-refractivity contribution in [3.05, 3.63) is 0 Å². The molecule has 124 valence electrons. The van der Waals surface area contributed by atoms with E-state index in [1.165, 1.54) is 32.2 Å². The van der Waals surface area contributed by atoms with Gasteiger partial charge in [0, 0.05) is 18.1 Å². The van der Waals surface area contributed by atoms with Crippen LogP contribution in [0.5, 0.6) is 0 Å². The number of fused-ring (bicyclic) bond motifs is 2. The van der Waals surface area contributed by atoms with Crippen LogP contribution in [0.25, 0.3) is 0 Å². The van der Waals surface area contributed by atoms with E-state index in [1.54, 1.807) is 0 Å². The fourth-order valence-corrected chi connectivity index (χ4v) is 4.58. The molecule has 5 atom stereocenters. The van der Waals surface area contributed by atoms with Crippen molar-refractivity contribution in [2.45, 2.75) is 70.9 Å². The largest absolute Gasteiger partial charge is 0.394 e. The number of aliphatic hydroxyl groups is 1. The minimum absolute atomic E-state index is 0.141. The summed E-state index contributed by atoms with van der Waals surface area (Å²) in [7, 11) is 2.27. The molecule has 2 rings (SSSR count). The Hall–Kier alpha value is -0.120. The average molecular weight is 296 g/mol. The third kappa shape index (κ3) is 4.43. The molecule has 0 aliphatic heterocycles. The van der Waals surface area contributed by atoms with Gasteiger partial charge < -0.3 is 15.3 Å². The standard InChI is InChI=1S/C18H36N2O/c1-5-8-19-18(3,13-21)11-14(2)20(4)12-17-10-15-6-7-16(17)9-15/h14-17,19,21H,5-13H2,1-4H3. The molecule has 2 bridgehead atoms. The van der Waals surface area contributed by atoms with Crippen LogP contribution >= 0.6 is 0 Å². The first-order valence-electron chi connectivity index (χ1n) is 9.03. The van der Waals surface area contributed by atoms with Crippen LogP contribution in [0, 0.1) is 17.8 Å². The summed E-state index contributed by atoms with van der Waals surface area (Å²) in [5.74, 6) is 2.98. The van der Waals surface area contributed by atoms with Crippen molar-refractivity contribution >= 4 is 0 Å². The number of nitrogens with one attached hydrogen (secondary N) is 1. The lowest BCUT2D eigenvalue weighted by Gasteiger charge is -2.37. The van der Waals surface area contributed by atoms with Crippen molar-refractivity contribution < 1.29 is 5.11 Å². The highest BCUT2D eigenvalue weighted by atomic mass is 16.3. The van der Waals surface area contributed by atoms with Gasteiger partial charge in [0.15, 0.2) is 0 Å². The van der Waals surface area contributed by atoms with Crippen LogP contribution in [0.15, 0.2) is 0 Å². The van der Waals surface area contributed by atoms with Crippen LogP contribution in [0.1, 0.15) is 59.3 Å². The third-order valence-corrected chi connectivity index (χ3v) is 6.06. The number of aliphatic hydroxyl groups excluding tert-OH is 1. The Morgan fingerprint density at radius 2 is 2.10 bits per heavy atom. The quantitative estimate of drug-likeness (QED) is 0.687. The highest BCUT2D eigenvalue weighted by Crippen LogP contribution is 2.48. The van der Waals surface area contributed by atoms with Gasteiger partial charge in [0.05, 0.1) is 6.61 Å². The second-order valence-electron chi connectivity index (χ2n) is 8.07. The molecule has 0 saturated heterocycles. The minimum Gasteiger partial charge on any atom is -0.394 e. The lowest BCUT2D eigenvalue weighted by Crippen LogP contribution is -2.50. The lowest BCUT2D eigenvalue weighted by molar-refractivity contribution is 0.112. The molecule has 0 aromatic carbocycles. The first-order chi connectivity index (χ1) is 9.97. The van der Waals surface area contributed by atoms with Crippen molar-refractivity contribution in [3.63, 3.8) is 0 Å². The van der Waals surface area contributed by atoms with Gasteiger partial charge in [-0.15, -0.1) is 0 Å². The maximum absolute atomic E-state index is 9.73. The van der Waals surface area contributed by atoms with Crippen LogP contribution in [0.2, 0.25) is 0 Å². The van der Waals surface area contributed by atoms with E-state index in [0.29, 0.717) is 6.04 Å². The highest BCUT2D eigenvalue weighted by molar-refractivity contribution is 4.92. The molecule has 0 radical (unpaired) electrons. The molecule has 2 saturated carbocycles. The summed E-state index contributed by atoms with van der Waals surface area (Å²) in [5.41, 5.74) is -0.141. The summed E-state index contributed by atoms with van der Waals surface area (Å²) in [6.45, 7) is 9.10. The van der Waals surface area contributed by atoms with E-state index in [2.05, 4.69) is 38.0 Å². The minimum atomic E-state index is -0.141. The number of nitrogens with zero attached hydrogens (tertiary/aromatic N) is 1. The molecular formula is C18H36N2O. The molecule has 2 fully saturated rings. The van der Waals surface area contributed by atoms with E-state index in [9.17, 15) is 5.11 Å². The van der Waals surface area contributed by atoms with Crippen molar-refractivity contribution in [3.8, 4) is 0 Å². The molecule has 3 nitrogen and oxygen atoms in total. The van der Waals surface area contributed by atoms with Gasteiger partial charge in [-0.05, 0) is 77.3 Å². The van der Waals surface area contributed by atoms with Gasteiger partial charge >= 0.3 is 0 Å². The van der Waals surface area contributed by atoms with Crippen molar-refractivity contribution in [1.29, 1.82) is 0 Å². The summed E-state index contributed by atoms with van der Waals surface area (Å²) in [4.78, 5) is 2.53. The normalized spacial score (nSPS) is 32.6. The molecule has 0 aromatic heterocycles. The predicted octanol–water partition coefficient (Wildman–Crippen LogP) is 2.88. The van der Waals surface area contributed by atoms with Crippen molar-refractivity contribution in [1.82, 2.24) is 10.2 Å². The Balaban J connectivity index is 1.79. The summed E-state index contributed by atoms with van der Waals surface area (Å²) < 4.78 is 0. The van der Waals surface area contributed by atoms with Crippen molar-refractivity contribution in [2.75, 3.05) is 26.7 Å². The first kappa shape index (κ1) is 17.2. The van der Waals surface area contributed by atoms with Gasteiger partial charge in [0.1, 0.15) is 0 Å². The fourth-order valence-electron chi connectivity index (χ4n) is 4.58. The summed E-state index contributed by atoms with van der Waals surface area (Å²) in [5, 5.41) is 13.3. The molecule has 2 aliphatic rings. The number of hydrogen-bond donors (Lipinski definition) is 2. The maximum Gasteiger partial charge on any atom is 0.0611 e. The van der Waals surface area contributed by atoms with Gasteiger partial charge in [-0.1, -0.05) is 13.3 Å². The molecule has 21 heavy (non-hydrogen) atoms. The van der Waals surface area contributed by atoms with E-state index in [1.807, 2.05) is 0 Å². The van der Waals surface area contributed by atoms with Gasteiger partial charge in [0.25, 0.3) is 0 Å². The van der Waals surface area contributed by atoms with E-state index < -0.39 is 0 Å². The zero-order valence-corrected chi connectivity index (χ0v) is 14.6. The molecular weight excluding hydrogens is 260 g/mol. The fraction of sp³-hybridized carbons (Fsp3) is 1.00. The molecule has 2 N–H and O–H groups in total. The van der Waals surface area contributed by atoms with E-state index in [4.69, 9.17) is 0 Å². The topological polar surface area (TPSA) is 35.5 Å².